The Kier molecular flexibility index (Phi) is 6.42. The molecule has 1 atom stereocenters. The Morgan fingerprint density at radius 2 is 2.04 bits per heavy atom. The molecule has 2 rings (SSSR count). The molecule has 1 fully saturated rings. The molecule has 0 aromatic heterocycles. The number of aliphatic imine (C=N–C) groups is 1. The Morgan fingerprint density at radius 3 is 2.61 bits per heavy atom. The lowest BCUT2D eigenvalue weighted by molar-refractivity contribution is 0.223. The first-order valence-corrected chi connectivity index (χ1v) is 8.40. The van der Waals surface area contributed by atoms with Crippen LogP contribution in [0.25, 0.3) is 0 Å². The third-order valence-electron chi connectivity index (χ3n) is 4.54. The number of rotatable bonds is 5. The van der Waals surface area contributed by atoms with Crippen molar-refractivity contribution in [2.24, 2.45) is 4.99 Å². The predicted octanol–water partition coefficient (Wildman–Crippen LogP) is 2.05. The fraction of sp³-hybridized carbons (Fsp3) is 0.556. The van der Waals surface area contributed by atoms with E-state index in [0.29, 0.717) is 11.6 Å². The van der Waals surface area contributed by atoms with Gasteiger partial charge in [-0.1, -0.05) is 26.0 Å². The fourth-order valence-corrected chi connectivity index (χ4v) is 3.18. The number of guanidine groups is 1. The molecule has 0 amide bonds. The second kappa shape index (κ2) is 8.54. The van der Waals surface area contributed by atoms with E-state index in [-0.39, 0.29) is 0 Å². The molecule has 1 heterocycles. The van der Waals surface area contributed by atoms with Crippen molar-refractivity contribution in [3.05, 3.63) is 35.4 Å². The monoisotopic (exact) mass is 313 g/mol. The largest absolute Gasteiger partial charge is 0.352 e. The molecular formula is C18H27N5. The quantitative estimate of drug-likeness (QED) is 0.668. The Bertz CT molecular complexity index is 554. The van der Waals surface area contributed by atoms with E-state index in [1.807, 2.05) is 31.3 Å². The number of hydrogen-bond acceptors (Lipinski definition) is 3. The van der Waals surface area contributed by atoms with Crippen LogP contribution < -0.4 is 5.32 Å². The number of nitrogens with one attached hydrogen (secondary N) is 1. The van der Waals surface area contributed by atoms with E-state index in [9.17, 15) is 0 Å². The van der Waals surface area contributed by atoms with Crippen LogP contribution in [0.15, 0.2) is 29.3 Å². The highest BCUT2D eigenvalue weighted by atomic mass is 15.3. The normalized spacial score (nSPS) is 18.3. The Balaban J connectivity index is 1.89. The van der Waals surface area contributed by atoms with Crippen molar-refractivity contribution >= 4 is 5.96 Å². The zero-order chi connectivity index (χ0) is 16.7. The highest BCUT2D eigenvalue weighted by Gasteiger charge is 2.27. The molecule has 0 spiro atoms. The summed E-state index contributed by atoms with van der Waals surface area (Å²) in [5.74, 6) is 0.962. The van der Waals surface area contributed by atoms with E-state index in [2.05, 4.69) is 40.0 Å². The van der Waals surface area contributed by atoms with Gasteiger partial charge in [0.1, 0.15) is 0 Å². The van der Waals surface area contributed by atoms with Crippen molar-refractivity contribution in [3.8, 4) is 6.07 Å². The molecule has 0 aliphatic carbocycles. The summed E-state index contributed by atoms with van der Waals surface area (Å²) in [6.07, 6.45) is 1.19. The third kappa shape index (κ3) is 4.46. The number of likely N-dealkylation sites (N-methyl/N-ethyl adjacent to an activating group) is 1. The summed E-state index contributed by atoms with van der Waals surface area (Å²) in [4.78, 5) is 9.29. The van der Waals surface area contributed by atoms with Crippen LogP contribution in [0.1, 0.15) is 31.4 Å². The molecule has 0 radical (unpaired) electrons. The van der Waals surface area contributed by atoms with Crippen molar-refractivity contribution in [2.75, 3.05) is 33.2 Å². The van der Waals surface area contributed by atoms with Crippen LogP contribution in [-0.2, 0) is 6.54 Å². The molecule has 23 heavy (non-hydrogen) atoms. The lowest BCUT2D eigenvalue weighted by atomic mass is 10.1. The van der Waals surface area contributed by atoms with Crippen LogP contribution in [0.2, 0.25) is 0 Å². The summed E-state index contributed by atoms with van der Waals surface area (Å²) in [6, 6.07) is 10.4. The molecule has 5 nitrogen and oxygen atoms in total. The highest BCUT2D eigenvalue weighted by molar-refractivity contribution is 5.80. The standard InChI is InChI=1S/C18H27N5/c1-4-22(5-2)17-10-11-23(14-17)18(20-3)21-13-16-8-6-15(12-19)7-9-16/h6-9,17H,4-5,10-11,13-14H2,1-3H3,(H,20,21). The minimum absolute atomic E-state index is 0.624. The van der Waals surface area contributed by atoms with E-state index in [1.165, 1.54) is 6.42 Å². The first kappa shape index (κ1) is 17.3. The highest BCUT2D eigenvalue weighted by Crippen LogP contribution is 2.15. The van der Waals surface area contributed by atoms with Crippen LogP contribution in [-0.4, -0.2) is 55.0 Å². The molecular weight excluding hydrogens is 286 g/mol. The van der Waals surface area contributed by atoms with E-state index in [4.69, 9.17) is 5.26 Å². The Labute approximate surface area is 139 Å². The number of benzene rings is 1. The molecule has 1 N–H and O–H groups in total. The minimum Gasteiger partial charge on any atom is -0.352 e. The van der Waals surface area contributed by atoms with Gasteiger partial charge in [-0.2, -0.15) is 5.26 Å². The summed E-state index contributed by atoms with van der Waals surface area (Å²) in [7, 11) is 1.84. The summed E-state index contributed by atoms with van der Waals surface area (Å²) in [5.41, 5.74) is 1.85. The molecule has 1 aromatic carbocycles. The molecule has 0 bridgehead atoms. The molecule has 0 saturated carbocycles. The number of hydrogen-bond donors (Lipinski definition) is 1. The summed E-state index contributed by atoms with van der Waals surface area (Å²) >= 11 is 0. The average molecular weight is 313 g/mol. The van der Waals surface area contributed by atoms with Gasteiger partial charge >= 0.3 is 0 Å². The predicted molar refractivity (Wildman–Crippen MR) is 94.3 cm³/mol. The summed E-state index contributed by atoms with van der Waals surface area (Å²) in [6.45, 7) is 9.47. The van der Waals surface area contributed by atoms with Gasteiger partial charge < -0.3 is 10.2 Å². The van der Waals surface area contributed by atoms with Gasteiger partial charge in [0.2, 0.25) is 0 Å². The van der Waals surface area contributed by atoms with E-state index in [1.54, 1.807) is 0 Å². The number of likely N-dealkylation sites (tertiary alicyclic amines) is 1. The van der Waals surface area contributed by atoms with Gasteiger partial charge in [-0.15, -0.1) is 0 Å². The van der Waals surface area contributed by atoms with Crippen molar-refractivity contribution < 1.29 is 0 Å². The third-order valence-corrected chi connectivity index (χ3v) is 4.54. The summed E-state index contributed by atoms with van der Waals surface area (Å²) in [5, 5.41) is 12.3. The zero-order valence-electron chi connectivity index (χ0n) is 14.4. The van der Waals surface area contributed by atoms with Crippen molar-refractivity contribution in [1.29, 1.82) is 5.26 Å². The van der Waals surface area contributed by atoms with Gasteiger partial charge in [0.05, 0.1) is 11.6 Å². The van der Waals surface area contributed by atoms with Gasteiger partial charge in [0.15, 0.2) is 5.96 Å². The number of nitrogens with zero attached hydrogens (tertiary/aromatic N) is 4. The van der Waals surface area contributed by atoms with E-state index < -0.39 is 0 Å². The SMILES string of the molecule is CCN(CC)C1CCN(C(=NC)NCc2ccc(C#N)cc2)C1. The molecule has 1 aliphatic rings. The van der Waals surface area contributed by atoms with Gasteiger partial charge in [0, 0.05) is 32.7 Å². The fourth-order valence-electron chi connectivity index (χ4n) is 3.18. The number of nitriles is 1. The Hall–Kier alpha value is -2.06. The molecule has 1 saturated heterocycles. The van der Waals surface area contributed by atoms with Crippen molar-refractivity contribution in [1.82, 2.24) is 15.1 Å². The van der Waals surface area contributed by atoms with Gasteiger partial charge in [0.25, 0.3) is 0 Å². The maximum atomic E-state index is 8.84. The van der Waals surface area contributed by atoms with E-state index in [0.717, 1.165) is 44.2 Å². The molecule has 1 aliphatic heterocycles. The molecule has 1 aromatic rings. The lowest BCUT2D eigenvalue weighted by Gasteiger charge is -2.27. The van der Waals surface area contributed by atoms with Crippen LogP contribution in [0.4, 0.5) is 0 Å². The molecule has 5 heteroatoms. The summed E-state index contributed by atoms with van der Waals surface area (Å²) < 4.78 is 0. The van der Waals surface area contributed by atoms with E-state index >= 15 is 0 Å². The zero-order valence-corrected chi connectivity index (χ0v) is 14.4. The van der Waals surface area contributed by atoms with Crippen molar-refractivity contribution in [2.45, 2.75) is 32.9 Å². The smallest absolute Gasteiger partial charge is 0.193 e. The first-order valence-electron chi connectivity index (χ1n) is 8.40. The maximum Gasteiger partial charge on any atom is 0.193 e. The maximum absolute atomic E-state index is 8.84. The topological polar surface area (TPSA) is 54.7 Å². The minimum atomic E-state index is 0.624. The molecule has 124 valence electrons. The van der Waals surface area contributed by atoms with Gasteiger partial charge in [-0.25, -0.2) is 0 Å². The lowest BCUT2D eigenvalue weighted by Crippen LogP contribution is -2.43. The van der Waals surface area contributed by atoms with Crippen LogP contribution in [0.3, 0.4) is 0 Å². The Morgan fingerprint density at radius 1 is 1.35 bits per heavy atom. The van der Waals surface area contributed by atoms with Crippen LogP contribution in [0, 0.1) is 11.3 Å². The van der Waals surface area contributed by atoms with Crippen LogP contribution >= 0.6 is 0 Å². The second-order valence-corrected chi connectivity index (χ2v) is 5.82. The first-order chi connectivity index (χ1) is 11.2. The molecule has 1 unspecified atom stereocenters. The van der Waals surface area contributed by atoms with Gasteiger partial charge in [-0.05, 0) is 37.2 Å². The van der Waals surface area contributed by atoms with Gasteiger partial charge in [-0.3, -0.25) is 9.89 Å². The van der Waals surface area contributed by atoms with Crippen molar-refractivity contribution in [3.63, 3.8) is 0 Å². The second-order valence-electron chi connectivity index (χ2n) is 5.82. The van der Waals surface area contributed by atoms with Crippen LogP contribution in [0.5, 0.6) is 0 Å². The average Bonchev–Trinajstić information content (AvgIpc) is 3.07.